The first-order chi connectivity index (χ1) is 10.2. The van der Waals surface area contributed by atoms with Crippen LogP contribution in [-0.4, -0.2) is 56.6 Å². The van der Waals surface area contributed by atoms with E-state index in [1.54, 1.807) is 7.11 Å². The molecular weight excluding hydrogens is 276 g/mol. The Hall–Kier alpha value is -1.02. The van der Waals surface area contributed by atoms with Crippen molar-refractivity contribution in [3.63, 3.8) is 0 Å². The van der Waals surface area contributed by atoms with Gasteiger partial charge in [0.05, 0.1) is 6.61 Å². The predicted molar refractivity (Wildman–Crippen MR) is 72.5 cm³/mol. The van der Waals surface area contributed by atoms with E-state index in [1.807, 2.05) is 30.3 Å². The number of hydrogen-bond acceptors (Lipinski definition) is 6. The second-order valence-electron chi connectivity index (χ2n) is 5.15. The Morgan fingerprint density at radius 2 is 1.86 bits per heavy atom. The largest absolute Gasteiger partial charge is 0.385 e. The van der Waals surface area contributed by atoms with E-state index in [4.69, 9.17) is 23.7 Å². The van der Waals surface area contributed by atoms with Crippen molar-refractivity contribution in [2.24, 2.45) is 0 Å². The van der Waals surface area contributed by atoms with Crippen molar-refractivity contribution < 1.29 is 28.8 Å². The number of benzene rings is 1. The van der Waals surface area contributed by atoms with Crippen molar-refractivity contribution in [3.05, 3.63) is 35.9 Å². The maximum absolute atomic E-state index is 10.2. The highest BCUT2D eigenvalue weighted by Gasteiger charge is 2.49. The van der Waals surface area contributed by atoms with Crippen LogP contribution in [0.3, 0.4) is 0 Å². The lowest BCUT2D eigenvalue weighted by Gasteiger charge is -2.47. The highest BCUT2D eigenvalue weighted by molar-refractivity contribution is 5.16. The summed E-state index contributed by atoms with van der Waals surface area (Å²) in [5.41, 5.74) is 0.925. The van der Waals surface area contributed by atoms with E-state index < -0.39 is 30.9 Å². The highest BCUT2D eigenvalue weighted by Crippen LogP contribution is 2.35. The minimum atomic E-state index is -0.907. The van der Waals surface area contributed by atoms with E-state index in [0.717, 1.165) is 5.56 Å². The lowest BCUT2D eigenvalue weighted by Crippen LogP contribution is -2.62. The van der Waals surface area contributed by atoms with Gasteiger partial charge in [-0.05, 0) is 0 Å². The van der Waals surface area contributed by atoms with E-state index in [1.165, 1.54) is 7.11 Å². The summed E-state index contributed by atoms with van der Waals surface area (Å²) in [7, 11) is 3.03. The zero-order valence-electron chi connectivity index (χ0n) is 12.0. The number of fused-ring (bicyclic) bond motifs is 1. The molecule has 0 bridgehead atoms. The van der Waals surface area contributed by atoms with Crippen molar-refractivity contribution in [1.82, 2.24) is 0 Å². The molecule has 0 aromatic heterocycles. The molecule has 21 heavy (non-hydrogen) atoms. The van der Waals surface area contributed by atoms with Crippen LogP contribution in [0.2, 0.25) is 0 Å². The summed E-state index contributed by atoms with van der Waals surface area (Å²) in [6.07, 6.45) is -3.39. The number of ether oxygens (including phenoxy) is 5. The Bertz CT molecular complexity index is 453. The van der Waals surface area contributed by atoms with Gasteiger partial charge in [0, 0.05) is 19.8 Å². The molecule has 1 aromatic rings. The molecule has 2 saturated heterocycles. The third-order valence-electron chi connectivity index (χ3n) is 3.88. The van der Waals surface area contributed by atoms with Gasteiger partial charge in [-0.15, -0.1) is 0 Å². The van der Waals surface area contributed by atoms with E-state index >= 15 is 0 Å². The van der Waals surface area contributed by atoms with Gasteiger partial charge in [0.1, 0.15) is 24.4 Å². The molecule has 0 unspecified atom stereocenters. The molecule has 3 rings (SSSR count). The Balaban J connectivity index is 1.77. The predicted octanol–water partition coefficient (Wildman–Crippen LogP) is 0.848. The monoisotopic (exact) mass is 296 g/mol. The molecule has 0 aliphatic carbocycles. The van der Waals surface area contributed by atoms with Gasteiger partial charge < -0.3 is 28.8 Å². The molecule has 1 N–H and O–H groups in total. The fourth-order valence-corrected chi connectivity index (χ4v) is 2.81. The SMILES string of the molecule is CO[C@H]1O[C@@H]2CO[C@H](c3ccccc3)O[C@H]2[C@@H](OC)[C@H]1O. The fourth-order valence-electron chi connectivity index (χ4n) is 2.81. The number of aliphatic hydroxyl groups excluding tert-OH is 1. The first-order valence-electron chi connectivity index (χ1n) is 6.95. The summed E-state index contributed by atoms with van der Waals surface area (Å²) < 4.78 is 27.9. The number of rotatable bonds is 3. The molecule has 0 saturated carbocycles. The van der Waals surface area contributed by atoms with Crippen LogP contribution in [0, 0.1) is 0 Å². The highest BCUT2D eigenvalue weighted by atomic mass is 16.8. The van der Waals surface area contributed by atoms with Gasteiger partial charge in [-0.3, -0.25) is 0 Å². The van der Waals surface area contributed by atoms with Gasteiger partial charge in [0.2, 0.25) is 0 Å². The molecule has 6 nitrogen and oxygen atoms in total. The average Bonchev–Trinajstić information content (AvgIpc) is 2.54. The normalized spacial score (nSPS) is 39.8. The lowest BCUT2D eigenvalue weighted by molar-refractivity contribution is -0.360. The second-order valence-corrected chi connectivity index (χ2v) is 5.15. The van der Waals surface area contributed by atoms with Crippen molar-refractivity contribution >= 4 is 0 Å². The molecule has 116 valence electrons. The Morgan fingerprint density at radius 3 is 2.52 bits per heavy atom. The topological polar surface area (TPSA) is 66.4 Å². The molecule has 2 aliphatic heterocycles. The summed E-state index contributed by atoms with van der Waals surface area (Å²) in [6, 6.07) is 9.66. The van der Waals surface area contributed by atoms with Crippen molar-refractivity contribution in [3.8, 4) is 0 Å². The van der Waals surface area contributed by atoms with Crippen molar-refractivity contribution in [1.29, 1.82) is 0 Å². The molecule has 0 radical (unpaired) electrons. The Kier molecular flexibility index (Phi) is 4.54. The van der Waals surface area contributed by atoms with Crippen LogP contribution in [-0.2, 0) is 23.7 Å². The average molecular weight is 296 g/mol. The minimum Gasteiger partial charge on any atom is -0.385 e. The second kappa shape index (κ2) is 6.39. The standard InChI is InChI=1S/C15H20O6/c1-17-13-11(16)15(18-2)20-10-8-19-14(21-12(10)13)9-6-4-3-5-7-9/h3-7,10-16H,8H2,1-2H3/t10-,11-,12-,13+,14+,15+/m1/s1. The van der Waals surface area contributed by atoms with E-state index in [9.17, 15) is 5.11 Å². The van der Waals surface area contributed by atoms with Crippen LogP contribution in [0.15, 0.2) is 30.3 Å². The molecule has 2 aliphatic rings. The molecule has 6 heteroatoms. The molecular formula is C15H20O6. The third kappa shape index (κ3) is 2.83. The van der Waals surface area contributed by atoms with Crippen molar-refractivity contribution in [2.45, 2.75) is 37.0 Å². The van der Waals surface area contributed by atoms with Crippen LogP contribution in [0.25, 0.3) is 0 Å². The van der Waals surface area contributed by atoms with Gasteiger partial charge in [-0.2, -0.15) is 0 Å². The van der Waals surface area contributed by atoms with Crippen LogP contribution >= 0.6 is 0 Å². The zero-order valence-corrected chi connectivity index (χ0v) is 12.0. The number of aliphatic hydroxyl groups is 1. The number of methoxy groups -OCH3 is 2. The van der Waals surface area contributed by atoms with Gasteiger partial charge in [0.25, 0.3) is 0 Å². The quantitative estimate of drug-likeness (QED) is 0.892. The lowest BCUT2D eigenvalue weighted by atomic mass is 9.97. The summed E-state index contributed by atoms with van der Waals surface area (Å²) in [6.45, 7) is 0.358. The van der Waals surface area contributed by atoms with Gasteiger partial charge in [-0.1, -0.05) is 30.3 Å². The van der Waals surface area contributed by atoms with Gasteiger partial charge in [0.15, 0.2) is 12.6 Å². The maximum atomic E-state index is 10.2. The van der Waals surface area contributed by atoms with Crippen LogP contribution < -0.4 is 0 Å². The summed E-state index contributed by atoms with van der Waals surface area (Å²) in [4.78, 5) is 0. The van der Waals surface area contributed by atoms with Gasteiger partial charge >= 0.3 is 0 Å². The van der Waals surface area contributed by atoms with Gasteiger partial charge in [-0.25, -0.2) is 0 Å². The smallest absolute Gasteiger partial charge is 0.186 e. The molecule has 0 amide bonds. The third-order valence-corrected chi connectivity index (χ3v) is 3.88. The maximum Gasteiger partial charge on any atom is 0.186 e. The van der Waals surface area contributed by atoms with E-state index in [-0.39, 0.29) is 6.10 Å². The van der Waals surface area contributed by atoms with Crippen LogP contribution in [0.4, 0.5) is 0 Å². The zero-order chi connectivity index (χ0) is 14.8. The molecule has 2 fully saturated rings. The first kappa shape index (κ1) is 14.9. The fraction of sp³-hybridized carbons (Fsp3) is 0.600. The van der Waals surface area contributed by atoms with E-state index in [0.29, 0.717) is 6.61 Å². The Morgan fingerprint density at radius 1 is 1.10 bits per heavy atom. The summed E-state index contributed by atoms with van der Waals surface area (Å²) in [5, 5.41) is 10.2. The molecule has 0 spiro atoms. The molecule has 1 aromatic carbocycles. The summed E-state index contributed by atoms with van der Waals surface area (Å²) >= 11 is 0. The molecule has 6 atom stereocenters. The van der Waals surface area contributed by atoms with Crippen molar-refractivity contribution in [2.75, 3.05) is 20.8 Å². The first-order valence-corrected chi connectivity index (χ1v) is 6.95. The minimum absolute atomic E-state index is 0.330. The van der Waals surface area contributed by atoms with Crippen LogP contribution in [0.1, 0.15) is 11.9 Å². The molecule has 2 heterocycles. The number of hydrogen-bond donors (Lipinski definition) is 1. The Labute approximate surface area is 123 Å². The van der Waals surface area contributed by atoms with Crippen LogP contribution in [0.5, 0.6) is 0 Å². The van der Waals surface area contributed by atoms with E-state index in [2.05, 4.69) is 0 Å². The summed E-state index contributed by atoms with van der Waals surface area (Å²) in [5.74, 6) is 0.